The SMILES string of the molecule is C=CCCC(=O)OC[C@@H]1CN(Cc2ccccc2)C[C@@H]1COC(=O)CCC=C. The lowest BCUT2D eigenvalue weighted by Gasteiger charge is -2.18. The summed E-state index contributed by atoms with van der Waals surface area (Å²) in [4.78, 5) is 26.0. The Hall–Kier alpha value is -2.40. The van der Waals surface area contributed by atoms with Crippen LogP contribution >= 0.6 is 0 Å². The number of carbonyl (C=O) groups is 2. The van der Waals surface area contributed by atoms with Crippen molar-refractivity contribution in [2.45, 2.75) is 32.2 Å². The average Bonchev–Trinajstić information content (AvgIpc) is 3.09. The van der Waals surface area contributed by atoms with Gasteiger partial charge in [0.05, 0.1) is 13.2 Å². The molecule has 1 aromatic carbocycles. The summed E-state index contributed by atoms with van der Waals surface area (Å²) in [6, 6.07) is 10.3. The average molecular weight is 386 g/mol. The third-order valence-electron chi connectivity index (χ3n) is 4.92. The van der Waals surface area contributed by atoms with Crippen LogP contribution < -0.4 is 0 Å². The summed E-state index contributed by atoms with van der Waals surface area (Å²) in [6.07, 6.45) is 5.37. The Morgan fingerprint density at radius 2 is 1.43 bits per heavy atom. The Labute approximate surface area is 168 Å². The molecule has 5 heteroatoms. The lowest BCUT2D eigenvalue weighted by molar-refractivity contribution is -0.148. The molecule has 0 bridgehead atoms. The quantitative estimate of drug-likeness (QED) is 0.405. The second-order valence-electron chi connectivity index (χ2n) is 7.22. The van der Waals surface area contributed by atoms with Gasteiger partial charge in [-0.15, -0.1) is 13.2 Å². The molecule has 5 nitrogen and oxygen atoms in total. The molecule has 1 aliphatic rings. The zero-order valence-corrected chi connectivity index (χ0v) is 16.6. The maximum absolute atomic E-state index is 11.8. The lowest BCUT2D eigenvalue weighted by atomic mass is 9.98. The third kappa shape index (κ3) is 7.69. The van der Waals surface area contributed by atoms with Crippen LogP contribution in [0.15, 0.2) is 55.6 Å². The number of nitrogens with zero attached hydrogens (tertiary/aromatic N) is 1. The van der Waals surface area contributed by atoms with Crippen molar-refractivity contribution < 1.29 is 19.1 Å². The van der Waals surface area contributed by atoms with Crippen LogP contribution in [0.5, 0.6) is 0 Å². The number of hydrogen-bond donors (Lipinski definition) is 0. The summed E-state index contributed by atoms with van der Waals surface area (Å²) in [6.45, 7) is 10.4. The van der Waals surface area contributed by atoms with E-state index in [9.17, 15) is 9.59 Å². The van der Waals surface area contributed by atoms with Crippen LogP contribution in [-0.2, 0) is 25.6 Å². The molecule has 0 radical (unpaired) electrons. The minimum Gasteiger partial charge on any atom is -0.465 e. The minimum atomic E-state index is -0.205. The number of allylic oxidation sites excluding steroid dienone is 2. The highest BCUT2D eigenvalue weighted by Gasteiger charge is 2.34. The molecule has 0 amide bonds. The van der Waals surface area contributed by atoms with E-state index in [0.717, 1.165) is 19.6 Å². The first kappa shape index (κ1) is 21.9. The van der Waals surface area contributed by atoms with Gasteiger partial charge in [-0.2, -0.15) is 0 Å². The van der Waals surface area contributed by atoms with Crippen LogP contribution in [-0.4, -0.2) is 43.1 Å². The number of likely N-dealkylation sites (tertiary alicyclic amines) is 1. The van der Waals surface area contributed by atoms with Crippen molar-refractivity contribution in [1.29, 1.82) is 0 Å². The molecule has 1 fully saturated rings. The Morgan fingerprint density at radius 3 is 1.89 bits per heavy atom. The standard InChI is InChI=1S/C23H31NO4/c1-3-5-12-22(25)27-17-20-15-24(14-19-10-8-7-9-11-19)16-21(20)18-28-23(26)13-6-4-2/h3-4,7-11,20-21H,1-2,5-6,12-18H2/t20-,21+. The molecule has 0 aromatic heterocycles. The fraction of sp³-hybridized carbons (Fsp3) is 0.478. The van der Waals surface area contributed by atoms with Crippen LogP contribution in [0.4, 0.5) is 0 Å². The van der Waals surface area contributed by atoms with E-state index in [4.69, 9.17) is 9.47 Å². The van der Waals surface area contributed by atoms with Crippen molar-refractivity contribution >= 4 is 11.9 Å². The molecule has 2 rings (SSSR count). The first-order valence-corrected chi connectivity index (χ1v) is 9.91. The van der Waals surface area contributed by atoms with Crippen LogP contribution in [0, 0.1) is 11.8 Å². The summed E-state index contributed by atoms with van der Waals surface area (Å²) in [7, 11) is 0. The molecule has 0 N–H and O–H groups in total. The maximum atomic E-state index is 11.8. The summed E-state index contributed by atoms with van der Waals surface area (Å²) in [5.41, 5.74) is 1.24. The number of ether oxygens (including phenoxy) is 2. The van der Waals surface area contributed by atoms with E-state index in [1.165, 1.54) is 5.56 Å². The van der Waals surface area contributed by atoms with Gasteiger partial charge in [-0.1, -0.05) is 42.5 Å². The molecular formula is C23H31NO4. The number of hydrogen-bond acceptors (Lipinski definition) is 5. The summed E-state index contributed by atoms with van der Waals surface area (Å²) in [5.74, 6) is -0.0986. The van der Waals surface area contributed by atoms with Crippen molar-refractivity contribution in [3.05, 3.63) is 61.2 Å². The van der Waals surface area contributed by atoms with E-state index in [1.54, 1.807) is 12.2 Å². The molecule has 0 unspecified atom stereocenters. The van der Waals surface area contributed by atoms with Gasteiger partial charge in [-0.3, -0.25) is 14.5 Å². The zero-order chi connectivity index (χ0) is 20.2. The largest absolute Gasteiger partial charge is 0.465 e. The van der Waals surface area contributed by atoms with Crippen LogP contribution in [0.3, 0.4) is 0 Å². The topological polar surface area (TPSA) is 55.8 Å². The minimum absolute atomic E-state index is 0.156. The number of carbonyl (C=O) groups excluding carboxylic acids is 2. The van der Waals surface area contributed by atoms with E-state index in [0.29, 0.717) is 38.9 Å². The Bertz CT molecular complexity index is 607. The highest BCUT2D eigenvalue weighted by molar-refractivity contribution is 5.69. The van der Waals surface area contributed by atoms with Gasteiger partial charge in [-0.05, 0) is 18.4 Å². The van der Waals surface area contributed by atoms with Crippen molar-refractivity contribution in [3.8, 4) is 0 Å². The van der Waals surface area contributed by atoms with Gasteiger partial charge in [-0.25, -0.2) is 0 Å². The van der Waals surface area contributed by atoms with Gasteiger partial charge in [0.2, 0.25) is 0 Å². The highest BCUT2D eigenvalue weighted by Crippen LogP contribution is 2.26. The second kappa shape index (κ2) is 12.1. The van der Waals surface area contributed by atoms with Gasteiger partial charge < -0.3 is 9.47 Å². The summed E-state index contributed by atoms with van der Waals surface area (Å²) >= 11 is 0. The van der Waals surface area contributed by atoms with Gasteiger partial charge in [0, 0.05) is 44.3 Å². The van der Waals surface area contributed by atoms with Crippen LogP contribution in [0.2, 0.25) is 0 Å². The molecule has 28 heavy (non-hydrogen) atoms. The smallest absolute Gasteiger partial charge is 0.306 e. The Morgan fingerprint density at radius 1 is 0.929 bits per heavy atom. The maximum Gasteiger partial charge on any atom is 0.306 e. The second-order valence-corrected chi connectivity index (χ2v) is 7.22. The fourth-order valence-corrected chi connectivity index (χ4v) is 3.37. The normalized spacial score (nSPS) is 19.1. The predicted molar refractivity (Wildman–Crippen MR) is 109 cm³/mol. The molecule has 0 saturated carbocycles. The van der Waals surface area contributed by atoms with Crippen LogP contribution in [0.25, 0.3) is 0 Å². The van der Waals surface area contributed by atoms with Crippen molar-refractivity contribution in [1.82, 2.24) is 4.90 Å². The predicted octanol–water partition coefficient (Wildman–Crippen LogP) is 3.75. The van der Waals surface area contributed by atoms with Gasteiger partial charge in [0.1, 0.15) is 0 Å². The molecule has 0 spiro atoms. The van der Waals surface area contributed by atoms with E-state index < -0.39 is 0 Å². The van der Waals surface area contributed by atoms with Gasteiger partial charge in [0.25, 0.3) is 0 Å². The van der Waals surface area contributed by atoms with Gasteiger partial charge >= 0.3 is 11.9 Å². The van der Waals surface area contributed by atoms with E-state index in [-0.39, 0.29) is 23.8 Å². The van der Waals surface area contributed by atoms with Crippen molar-refractivity contribution in [2.75, 3.05) is 26.3 Å². The summed E-state index contributed by atoms with van der Waals surface area (Å²) in [5, 5.41) is 0. The third-order valence-corrected chi connectivity index (χ3v) is 4.92. The molecule has 0 aliphatic carbocycles. The van der Waals surface area contributed by atoms with Crippen molar-refractivity contribution in [2.24, 2.45) is 11.8 Å². The zero-order valence-electron chi connectivity index (χ0n) is 16.6. The summed E-state index contributed by atoms with van der Waals surface area (Å²) < 4.78 is 10.9. The van der Waals surface area contributed by atoms with E-state index >= 15 is 0 Å². The molecule has 1 heterocycles. The highest BCUT2D eigenvalue weighted by atomic mass is 16.5. The molecule has 1 saturated heterocycles. The molecule has 1 aliphatic heterocycles. The fourth-order valence-electron chi connectivity index (χ4n) is 3.37. The molecule has 1 aromatic rings. The first-order valence-electron chi connectivity index (χ1n) is 9.91. The lowest BCUT2D eigenvalue weighted by Crippen LogP contribution is -2.25. The Balaban J connectivity index is 1.89. The molecule has 2 atom stereocenters. The number of esters is 2. The van der Waals surface area contributed by atoms with E-state index in [1.807, 2.05) is 18.2 Å². The first-order chi connectivity index (χ1) is 13.6. The Kier molecular flexibility index (Phi) is 9.49. The molecular weight excluding hydrogens is 354 g/mol. The monoisotopic (exact) mass is 385 g/mol. The molecule has 152 valence electrons. The van der Waals surface area contributed by atoms with Crippen molar-refractivity contribution in [3.63, 3.8) is 0 Å². The number of rotatable bonds is 12. The van der Waals surface area contributed by atoms with E-state index in [2.05, 4.69) is 30.2 Å². The van der Waals surface area contributed by atoms with Gasteiger partial charge in [0.15, 0.2) is 0 Å². The van der Waals surface area contributed by atoms with Crippen LogP contribution in [0.1, 0.15) is 31.2 Å². The number of benzene rings is 1.